The van der Waals surface area contributed by atoms with E-state index in [1.54, 1.807) is 19.0 Å². The molecule has 0 aromatic heterocycles. The van der Waals surface area contributed by atoms with Gasteiger partial charge in [-0.2, -0.15) is 0 Å². The van der Waals surface area contributed by atoms with Gasteiger partial charge in [0.05, 0.1) is 13.2 Å². The van der Waals surface area contributed by atoms with E-state index in [4.69, 9.17) is 13.8 Å². The van der Waals surface area contributed by atoms with Gasteiger partial charge in [-0.25, -0.2) is 0 Å². The number of carbonyl (C=O) groups is 1. The molecule has 0 bridgehead atoms. The van der Waals surface area contributed by atoms with Gasteiger partial charge in [0, 0.05) is 13.0 Å². The maximum absolute atomic E-state index is 11.9. The Morgan fingerprint density at radius 1 is 0.879 bits per heavy atom. The molecular formula is C24H49NO7P-. The van der Waals surface area contributed by atoms with E-state index in [2.05, 4.69) is 6.92 Å². The second-order valence-corrected chi connectivity index (χ2v) is 10.9. The first kappa shape index (κ1) is 32.5. The van der Waals surface area contributed by atoms with Gasteiger partial charge in [0.15, 0.2) is 0 Å². The molecule has 0 aliphatic heterocycles. The Kier molecular flexibility index (Phi) is 19.5. The van der Waals surface area contributed by atoms with Crippen molar-refractivity contribution in [3.63, 3.8) is 0 Å². The lowest BCUT2D eigenvalue weighted by Gasteiger charge is -2.28. The lowest BCUT2D eigenvalue weighted by molar-refractivity contribution is -0.230. The molecule has 2 unspecified atom stereocenters. The number of hydrogen-bond acceptors (Lipinski definition) is 8. The van der Waals surface area contributed by atoms with Gasteiger partial charge in [0.2, 0.25) is 0 Å². The fourth-order valence-electron chi connectivity index (χ4n) is 3.23. The minimum absolute atomic E-state index is 0.0377. The molecule has 0 heterocycles. The molecule has 0 rings (SSSR count). The average molecular weight is 495 g/mol. The van der Waals surface area contributed by atoms with Crippen LogP contribution in [0.2, 0.25) is 0 Å². The highest BCUT2D eigenvalue weighted by Crippen LogP contribution is 2.38. The standard InChI is InChI=1S/C24H50NO7P/c1-5-6-7-8-9-10-11-12-13-14-15-16-17-18-23(26)30-21-24(2,27)22-32-33(28,29)31-20-19-25(3)4/h27H,5-22H2,1-4H3,(H,28,29)/p-1. The number of phosphoric acid groups is 1. The minimum Gasteiger partial charge on any atom is -0.756 e. The third-order valence-electron chi connectivity index (χ3n) is 5.35. The van der Waals surface area contributed by atoms with Crippen molar-refractivity contribution in [1.82, 2.24) is 4.90 Å². The number of phosphoric ester groups is 1. The zero-order chi connectivity index (χ0) is 25.0. The molecule has 0 spiro atoms. The second-order valence-electron chi connectivity index (χ2n) is 9.51. The predicted molar refractivity (Wildman–Crippen MR) is 130 cm³/mol. The first-order valence-corrected chi connectivity index (χ1v) is 14.2. The van der Waals surface area contributed by atoms with Crippen LogP contribution in [0.4, 0.5) is 0 Å². The van der Waals surface area contributed by atoms with E-state index in [9.17, 15) is 19.4 Å². The van der Waals surface area contributed by atoms with Crippen LogP contribution in [0.3, 0.4) is 0 Å². The van der Waals surface area contributed by atoms with Gasteiger partial charge >= 0.3 is 5.97 Å². The molecule has 2 atom stereocenters. The molecule has 1 N–H and O–H groups in total. The molecule has 0 saturated carbocycles. The summed E-state index contributed by atoms with van der Waals surface area (Å²) in [5.74, 6) is -0.397. The van der Waals surface area contributed by atoms with Crippen molar-refractivity contribution >= 4 is 13.8 Å². The number of aliphatic hydroxyl groups is 1. The summed E-state index contributed by atoms with van der Waals surface area (Å²) in [6.07, 6.45) is 16.3. The fourth-order valence-corrected chi connectivity index (χ4v) is 4.04. The summed E-state index contributed by atoms with van der Waals surface area (Å²) in [7, 11) is -0.936. The molecular weight excluding hydrogens is 445 g/mol. The van der Waals surface area contributed by atoms with Crippen molar-refractivity contribution in [2.45, 2.75) is 109 Å². The summed E-state index contributed by atoms with van der Waals surface area (Å²) in [5, 5.41) is 10.2. The highest BCUT2D eigenvalue weighted by molar-refractivity contribution is 7.45. The molecule has 0 aromatic carbocycles. The molecule has 0 aliphatic rings. The van der Waals surface area contributed by atoms with Crippen molar-refractivity contribution in [3.05, 3.63) is 0 Å². The number of likely N-dealkylation sites (N-methyl/N-ethyl adjacent to an activating group) is 1. The van der Waals surface area contributed by atoms with E-state index >= 15 is 0 Å². The molecule has 8 nitrogen and oxygen atoms in total. The van der Waals surface area contributed by atoms with E-state index < -0.39 is 26.0 Å². The topological polar surface area (TPSA) is 108 Å². The van der Waals surface area contributed by atoms with Crippen LogP contribution in [0.15, 0.2) is 0 Å². The van der Waals surface area contributed by atoms with Gasteiger partial charge in [0.25, 0.3) is 7.82 Å². The Labute approximate surface area is 202 Å². The number of hydrogen-bond donors (Lipinski definition) is 1. The quantitative estimate of drug-likeness (QED) is 0.122. The third-order valence-corrected chi connectivity index (χ3v) is 6.29. The number of carbonyl (C=O) groups excluding carboxylic acids is 1. The molecule has 0 aromatic rings. The van der Waals surface area contributed by atoms with E-state index in [1.165, 1.54) is 71.1 Å². The first-order chi connectivity index (χ1) is 15.6. The Morgan fingerprint density at radius 2 is 1.36 bits per heavy atom. The van der Waals surface area contributed by atoms with Gasteiger partial charge in [-0.05, 0) is 27.4 Å². The van der Waals surface area contributed by atoms with Crippen LogP contribution in [0.5, 0.6) is 0 Å². The van der Waals surface area contributed by atoms with E-state index in [1.807, 2.05) is 0 Å². The van der Waals surface area contributed by atoms with E-state index in [-0.39, 0.29) is 13.2 Å². The normalized spacial score (nSPS) is 15.4. The van der Waals surface area contributed by atoms with Crippen molar-refractivity contribution in [2.24, 2.45) is 0 Å². The van der Waals surface area contributed by atoms with Gasteiger partial charge in [-0.3, -0.25) is 9.36 Å². The Balaban J connectivity index is 3.68. The largest absolute Gasteiger partial charge is 0.756 e. The summed E-state index contributed by atoms with van der Waals surface area (Å²) in [4.78, 5) is 25.3. The van der Waals surface area contributed by atoms with Crippen LogP contribution >= 0.6 is 7.82 Å². The van der Waals surface area contributed by atoms with Crippen molar-refractivity contribution in [3.8, 4) is 0 Å². The number of ether oxygens (including phenoxy) is 1. The predicted octanol–water partition coefficient (Wildman–Crippen LogP) is 4.83. The van der Waals surface area contributed by atoms with Crippen LogP contribution in [-0.2, 0) is 23.1 Å². The van der Waals surface area contributed by atoms with E-state index in [0.717, 1.165) is 19.3 Å². The Hall–Kier alpha value is -0.500. The first-order valence-electron chi connectivity index (χ1n) is 12.7. The molecule has 9 heteroatoms. The third kappa shape index (κ3) is 23.0. The Morgan fingerprint density at radius 3 is 1.85 bits per heavy atom. The zero-order valence-corrected chi connectivity index (χ0v) is 22.4. The SMILES string of the molecule is CCCCCCCCCCCCCCCC(=O)OCC(C)(O)COP(=O)([O-])OCCN(C)C. The molecule has 0 fully saturated rings. The van der Waals surface area contributed by atoms with Crippen LogP contribution in [0.1, 0.15) is 104 Å². The Bertz CT molecular complexity index is 529. The van der Waals surface area contributed by atoms with Gasteiger partial charge in [0.1, 0.15) is 12.2 Å². The molecule has 0 saturated heterocycles. The minimum atomic E-state index is -4.51. The van der Waals surface area contributed by atoms with Gasteiger partial charge in [-0.1, -0.05) is 84.0 Å². The lowest BCUT2D eigenvalue weighted by Crippen LogP contribution is -2.37. The maximum Gasteiger partial charge on any atom is 0.305 e. The smallest absolute Gasteiger partial charge is 0.305 e. The summed E-state index contributed by atoms with van der Waals surface area (Å²) in [6, 6.07) is 0. The highest BCUT2D eigenvalue weighted by Gasteiger charge is 2.26. The molecule has 33 heavy (non-hydrogen) atoms. The van der Waals surface area contributed by atoms with E-state index in [0.29, 0.717) is 13.0 Å². The van der Waals surface area contributed by atoms with Gasteiger partial charge in [-0.15, -0.1) is 0 Å². The van der Waals surface area contributed by atoms with Crippen molar-refractivity contribution < 1.29 is 33.1 Å². The second kappa shape index (κ2) is 19.8. The number of esters is 1. The van der Waals surface area contributed by atoms with Crippen LogP contribution in [0, 0.1) is 0 Å². The van der Waals surface area contributed by atoms with Crippen LogP contribution in [-0.4, -0.2) is 62.0 Å². The van der Waals surface area contributed by atoms with Crippen LogP contribution in [0.25, 0.3) is 0 Å². The molecule has 0 radical (unpaired) electrons. The fraction of sp³-hybridized carbons (Fsp3) is 0.958. The maximum atomic E-state index is 11.9. The monoisotopic (exact) mass is 494 g/mol. The zero-order valence-electron chi connectivity index (χ0n) is 21.5. The summed E-state index contributed by atoms with van der Waals surface area (Å²) in [6.45, 7) is 3.11. The number of unbranched alkanes of at least 4 members (excludes halogenated alkanes) is 12. The summed E-state index contributed by atoms with van der Waals surface area (Å²) >= 11 is 0. The molecule has 198 valence electrons. The number of nitrogens with zero attached hydrogens (tertiary/aromatic N) is 1. The lowest BCUT2D eigenvalue weighted by atomic mass is 10.0. The number of rotatable bonds is 23. The molecule has 0 aliphatic carbocycles. The van der Waals surface area contributed by atoms with Gasteiger partial charge < -0.3 is 28.7 Å². The van der Waals surface area contributed by atoms with Crippen LogP contribution < -0.4 is 4.89 Å². The highest BCUT2D eigenvalue weighted by atomic mass is 31.2. The average Bonchev–Trinajstić information content (AvgIpc) is 2.74. The summed E-state index contributed by atoms with van der Waals surface area (Å²) in [5.41, 5.74) is -1.61. The van der Waals surface area contributed by atoms with Crippen molar-refractivity contribution in [2.75, 3.05) is 40.5 Å². The summed E-state index contributed by atoms with van der Waals surface area (Å²) < 4.78 is 26.2. The molecule has 0 amide bonds. The van der Waals surface area contributed by atoms with Crippen molar-refractivity contribution in [1.29, 1.82) is 0 Å².